The quantitative estimate of drug-likeness (QED) is 0.618. The molecule has 0 aliphatic carbocycles. The average molecular weight is 404 g/mol. The van der Waals surface area contributed by atoms with Gasteiger partial charge in [-0.2, -0.15) is 0 Å². The summed E-state index contributed by atoms with van der Waals surface area (Å²) < 4.78 is 15.2. The Kier molecular flexibility index (Phi) is 5.45. The van der Waals surface area contributed by atoms with Gasteiger partial charge < -0.3 is 19.1 Å². The van der Waals surface area contributed by atoms with E-state index in [0.29, 0.717) is 5.69 Å². The Morgan fingerprint density at radius 2 is 1.70 bits per heavy atom. The summed E-state index contributed by atoms with van der Waals surface area (Å²) in [6.45, 7) is 0.0935. The lowest BCUT2D eigenvalue weighted by molar-refractivity contribution is -0.140. The maximum Gasteiger partial charge on any atom is 0.355 e. The number of pyridine rings is 1. The molecule has 0 unspecified atom stereocenters. The molecule has 0 amide bonds. The molecule has 152 valence electrons. The van der Waals surface area contributed by atoms with E-state index in [4.69, 9.17) is 14.2 Å². The van der Waals surface area contributed by atoms with Crippen LogP contribution in [0.15, 0.2) is 72.1 Å². The molecule has 1 aromatic heterocycles. The molecule has 0 saturated heterocycles. The van der Waals surface area contributed by atoms with Crippen molar-refractivity contribution in [3.8, 4) is 11.1 Å². The number of carbonyl (C=O) groups excluding carboxylic acids is 2. The van der Waals surface area contributed by atoms with E-state index in [0.717, 1.165) is 22.0 Å². The number of benzene rings is 2. The van der Waals surface area contributed by atoms with Gasteiger partial charge in [0.25, 0.3) is 0 Å². The number of rotatable bonds is 4. The van der Waals surface area contributed by atoms with Gasteiger partial charge in [0.05, 0.1) is 31.9 Å². The van der Waals surface area contributed by atoms with Crippen LogP contribution in [0.4, 0.5) is 5.69 Å². The van der Waals surface area contributed by atoms with Gasteiger partial charge >= 0.3 is 11.9 Å². The molecule has 0 N–H and O–H groups in total. The van der Waals surface area contributed by atoms with Crippen molar-refractivity contribution in [1.29, 1.82) is 0 Å². The first kappa shape index (κ1) is 19.6. The van der Waals surface area contributed by atoms with E-state index in [1.54, 1.807) is 4.90 Å². The van der Waals surface area contributed by atoms with Crippen molar-refractivity contribution in [3.63, 3.8) is 0 Å². The van der Waals surface area contributed by atoms with Crippen molar-refractivity contribution < 1.29 is 23.8 Å². The summed E-state index contributed by atoms with van der Waals surface area (Å²) in [5.74, 6) is -1.25. The minimum absolute atomic E-state index is 0.0194. The molecule has 3 aromatic rings. The van der Waals surface area contributed by atoms with Crippen LogP contribution in [0, 0.1) is 0 Å². The fraction of sp³-hybridized carbons (Fsp3) is 0.174. The Morgan fingerprint density at radius 3 is 2.43 bits per heavy atom. The number of para-hydroxylation sites is 1. The van der Waals surface area contributed by atoms with Crippen LogP contribution < -0.4 is 4.90 Å². The largest absolute Gasteiger partial charge is 0.466 e. The molecule has 0 fully saturated rings. The highest BCUT2D eigenvalue weighted by atomic mass is 16.5. The smallest absolute Gasteiger partial charge is 0.355 e. The summed E-state index contributed by atoms with van der Waals surface area (Å²) in [7, 11) is 2.53. The van der Waals surface area contributed by atoms with Crippen molar-refractivity contribution in [3.05, 3.63) is 72.1 Å². The zero-order valence-corrected chi connectivity index (χ0v) is 16.6. The number of methoxy groups -OCH3 is 2. The fourth-order valence-corrected chi connectivity index (χ4v) is 3.41. The van der Waals surface area contributed by atoms with E-state index in [1.165, 1.54) is 14.2 Å². The lowest BCUT2D eigenvalue weighted by Crippen LogP contribution is -2.38. The Morgan fingerprint density at radius 1 is 0.967 bits per heavy atom. The average Bonchev–Trinajstić information content (AvgIpc) is 2.82. The number of hydrogen-bond donors (Lipinski definition) is 0. The molecule has 0 saturated carbocycles. The van der Waals surface area contributed by atoms with Crippen LogP contribution in [0.5, 0.6) is 0 Å². The Hall–Kier alpha value is -3.71. The molecule has 7 heteroatoms. The van der Waals surface area contributed by atoms with E-state index in [2.05, 4.69) is 11.1 Å². The molecule has 1 aliphatic rings. The lowest BCUT2D eigenvalue weighted by Gasteiger charge is -2.31. The zero-order valence-electron chi connectivity index (χ0n) is 16.6. The molecule has 0 spiro atoms. The van der Waals surface area contributed by atoms with E-state index in [1.807, 2.05) is 54.7 Å². The normalized spacial score (nSPS) is 14.0. The van der Waals surface area contributed by atoms with Gasteiger partial charge in [-0.25, -0.2) is 9.59 Å². The lowest BCUT2D eigenvalue weighted by atomic mass is 10.0. The second kappa shape index (κ2) is 8.34. The van der Waals surface area contributed by atoms with Crippen LogP contribution in [0.3, 0.4) is 0 Å². The summed E-state index contributed by atoms with van der Waals surface area (Å²) in [6.07, 6.45) is 1.83. The minimum atomic E-state index is -0.626. The first-order valence-corrected chi connectivity index (χ1v) is 9.32. The van der Waals surface area contributed by atoms with Crippen molar-refractivity contribution in [1.82, 2.24) is 4.98 Å². The van der Waals surface area contributed by atoms with Gasteiger partial charge in [-0.3, -0.25) is 4.98 Å². The number of aromatic nitrogens is 1. The number of nitrogens with zero attached hydrogens (tertiary/aromatic N) is 2. The third-order valence-corrected chi connectivity index (χ3v) is 4.94. The van der Waals surface area contributed by atoms with Gasteiger partial charge in [-0.1, -0.05) is 30.3 Å². The highest BCUT2D eigenvalue weighted by molar-refractivity contribution is 6.03. The molecular weight excluding hydrogens is 384 g/mol. The van der Waals surface area contributed by atoms with Gasteiger partial charge in [0, 0.05) is 22.8 Å². The molecule has 2 aromatic carbocycles. The van der Waals surface area contributed by atoms with Gasteiger partial charge in [0.1, 0.15) is 12.4 Å². The summed E-state index contributed by atoms with van der Waals surface area (Å²) in [6, 6.07) is 17.6. The maximum atomic E-state index is 12.4. The first-order chi connectivity index (χ1) is 14.6. The number of hydrogen-bond acceptors (Lipinski definition) is 7. The fourth-order valence-electron chi connectivity index (χ4n) is 3.41. The highest BCUT2D eigenvalue weighted by Crippen LogP contribution is 2.29. The number of esters is 2. The SMILES string of the molecule is COC(=O)C1=C(C(=O)OC)N(c2ccc(-c3cnc4ccccc4c3)cc2)COC1. The molecule has 0 bridgehead atoms. The van der Waals surface area contributed by atoms with Crippen molar-refractivity contribution in [2.24, 2.45) is 0 Å². The summed E-state index contributed by atoms with van der Waals surface area (Å²) >= 11 is 0. The van der Waals surface area contributed by atoms with Crippen molar-refractivity contribution >= 4 is 28.5 Å². The van der Waals surface area contributed by atoms with Gasteiger partial charge in [0.2, 0.25) is 0 Å². The molecule has 0 atom stereocenters. The number of anilines is 1. The van der Waals surface area contributed by atoms with Crippen LogP contribution >= 0.6 is 0 Å². The standard InChI is InChI=1S/C23H20N2O5/c1-28-22(26)19-13-30-14-25(21(19)23(27)29-2)18-9-7-15(8-10-18)17-11-16-5-3-4-6-20(16)24-12-17/h3-12H,13-14H2,1-2H3. The van der Waals surface area contributed by atoms with Gasteiger partial charge in [0.15, 0.2) is 0 Å². The molecule has 7 nitrogen and oxygen atoms in total. The van der Waals surface area contributed by atoms with Crippen molar-refractivity contribution in [2.45, 2.75) is 0 Å². The summed E-state index contributed by atoms with van der Waals surface area (Å²) in [4.78, 5) is 30.6. The minimum Gasteiger partial charge on any atom is -0.466 e. The summed E-state index contributed by atoms with van der Waals surface area (Å²) in [5.41, 5.74) is 3.83. The van der Waals surface area contributed by atoms with Gasteiger partial charge in [-0.05, 0) is 29.8 Å². The van der Waals surface area contributed by atoms with E-state index >= 15 is 0 Å². The predicted octanol–water partition coefficient (Wildman–Crippen LogP) is 3.30. The first-order valence-electron chi connectivity index (χ1n) is 9.32. The van der Waals surface area contributed by atoms with Crippen molar-refractivity contribution in [2.75, 3.05) is 32.5 Å². The highest BCUT2D eigenvalue weighted by Gasteiger charge is 2.32. The third-order valence-electron chi connectivity index (χ3n) is 4.94. The second-order valence-electron chi connectivity index (χ2n) is 6.68. The zero-order chi connectivity index (χ0) is 21.1. The van der Waals surface area contributed by atoms with Gasteiger partial charge in [-0.15, -0.1) is 0 Å². The number of carbonyl (C=O) groups is 2. The van der Waals surface area contributed by atoms with Crippen LogP contribution in [-0.4, -0.2) is 44.5 Å². The van der Waals surface area contributed by atoms with Crippen LogP contribution in [0.1, 0.15) is 0 Å². The molecule has 4 rings (SSSR count). The van der Waals surface area contributed by atoms with E-state index in [-0.39, 0.29) is 24.6 Å². The monoisotopic (exact) mass is 404 g/mol. The van der Waals surface area contributed by atoms with Crippen LogP contribution in [-0.2, 0) is 23.8 Å². The topological polar surface area (TPSA) is 78.0 Å². The molecule has 30 heavy (non-hydrogen) atoms. The molecule has 2 heterocycles. The predicted molar refractivity (Wildman–Crippen MR) is 112 cm³/mol. The molecule has 1 aliphatic heterocycles. The Bertz CT molecular complexity index is 1140. The van der Waals surface area contributed by atoms with E-state index < -0.39 is 11.9 Å². The Labute approximate surface area is 173 Å². The third kappa shape index (κ3) is 3.62. The number of ether oxygens (including phenoxy) is 3. The second-order valence-corrected chi connectivity index (χ2v) is 6.68. The molecular formula is C23H20N2O5. The Balaban J connectivity index is 1.69. The van der Waals surface area contributed by atoms with Crippen LogP contribution in [0.2, 0.25) is 0 Å². The number of fused-ring (bicyclic) bond motifs is 1. The molecule has 0 radical (unpaired) electrons. The maximum absolute atomic E-state index is 12.4. The summed E-state index contributed by atoms with van der Waals surface area (Å²) in [5, 5.41) is 1.06. The van der Waals surface area contributed by atoms with Crippen LogP contribution in [0.25, 0.3) is 22.0 Å². The van der Waals surface area contributed by atoms with E-state index in [9.17, 15) is 9.59 Å².